The molecule has 1 saturated heterocycles. The van der Waals surface area contributed by atoms with Crippen molar-refractivity contribution in [2.45, 2.75) is 26.8 Å². The highest BCUT2D eigenvalue weighted by molar-refractivity contribution is 7.17. The second-order valence-electron chi connectivity index (χ2n) is 7.82. The Morgan fingerprint density at radius 2 is 1.83 bits per heavy atom. The summed E-state index contributed by atoms with van der Waals surface area (Å²) in [5.41, 5.74) is 0.632. The summed E-state index contributed by atoms with van der Waals surface area (Å²) >= 11 is 0.855. The van der Waals surface area contributed by atoms with Crippen LogP contribution in [0.2, 0.25) is 0 Å². The van der Waals surface area contributed by atoms with Crippen LogP contribution in [0.4, 0.5) is 13.9 Å². The lowest BCUT2D eigenvalue weighted by Crippen LogP contribution is -2.29. The molecule has 2 aromatic carbocycles. The third kappa shape index (κ3) is 4.32. The van der Waals surface area contributed by atoms with E-state index in [1.807, 2.05) is 0 Å². The lowest BCUT2D eigenvalue weighted by atomic mass is 9.95. The molecule has 1 aliphatic heterocycles. The summed E-state index contributed by atoms with van der Waals surface area (Å²) in [4.78, 5) is 44.1. The minimum atomic E-state index is -1.19. The van der Waals surface area contributed by atoms with Crippen LogP contribution in [0.5, 0.6) is 0 Å². The minimum absolute atomic E-state index is 0.000689. The smallest absolute Gasteiger partial charge is 0.350 e. The molecule has 2 heterocycles. The largest absolute Gasteiger partial charge is 0.507 e. The fourth-order valence-electron chi connectivity index (χ4n) is 3.76. The standard InChI is InChI=1S/C25H20F2N2O5S/c1-4-34-24(33)22-13(3)28-25(35-22)29-19(14-7-9-16(26)10-8-14)18(21(31)23(29)32)20(30)15-6-5-12(2)17(27)11-15/h5-11,19,30H,4H2,1-3H3/t19-/m1/s1. The first-order chi connectivity index (χ1) is 16.6. The maximum Gasteiger partial charge on any atom is 0.350 e. The van der Waals surface area contributed by atoms with E-state index < -0.39 is 41.1 Å². The number of aromatic nitrogens is 1. The first kappa shape index (κ1) is 24.2. The molecular weight excluding hydrogens is 478 g/mol. The molecule has 1 fully saturated rings. The number of nitrogens with zero attached hydrogens (tertiary/aromatic N) is 2. The number of thiazole rings is 1. The molecule has 0 saturated carbocycles. The molecule has 0 aliphatic carbocycles. The average molecular weight is 499 g/mol. The van der Waals surface area contributed by atoms with Gasteiger partial charge in [-0.25, -0.2) is 18.6 Å². The Morgan fingerprint density at radius 1 is 1.14 bits per heavy atom. The molecular formula is C25H20F2N2O5S. The average Bonchev–Trinajstić information content (AvgIpc) is 3.33. The first-order valence-electron chi connectivity index (χ1n) is 10.6. The quantitative estimate of drug-likeness (QED) is 0.234. The SMILES string of the molecule is CCOC(=O)c1sc(N2C(=O)C(=O)C(=C(O)c3ccc(C)c(F)c3)[C@H]2c2ccc(F)cc2)nc1C. The van der Waals surface area contributed by atoms with E-state index in [9.17, 15) is 28.3 Å². The zero-order valence-corrected chi connectivity index (χ0v) is 19.8. The first-order valence-corrected chi connectivity index (χ1v) is 11.4. The van der Waals surface area contributed by atoms with Gasteiger partial charge in [-0.05, 0) is 50.1 Å². The predicted molar refractivity (Wildman–Crippen MR) is 125 cm³/mol. The van der Waals surface area contributed by atoms with E-state index in [1.54, 1.807) is 20.8 Å². The summed E-state index contributed by atoms with van der Waals surface area (Å²) in [5.74, 6) is -4.38. The van der Waals surface area contributed by atoms with Crippen molar-refractivity contribution < 1.29 is 33.0 Å². The number of esters is 1. The van der Waals surface area contributed by atoms with Gasteiger partial charge >= 0.3 is 11.9 Å². The Balaban J connectivity index is 1.92. The molecule has 1 atom stereocenters. The second-order valence-corrected chi connectivity index (χ2v) is 8.79. The van der Waals surface area contributed by atoms with Crippen LogP contribution >= 0.6 is 11.3 Å². The summed E-state index contributed by atoms with van der Waals surface area (Å²) in [7, 11) is 0. The molecule has 4 rings (SSSR count). The van der Waals surface area contributed by atoms with E-state index in [0.717, 1.165) is 34.4 Å². The molecule has 1 aliphatic rings. The fourth-order valence-corrected chi connectivity index (χ4v) is 4.74. The van der Waals surface area contributed by atoms with Crippen molar-refractivity contribution in [1.29, 1.82) is 0 Å². The number of carbonyl (C=O) groups is 3. The second kappa shape index (κ2) is 9.38. The Labute approximate surface area is 203 Å². The maximum atomic E-state index is 14.2. The Bertz CT molecular complexity index is 1380. The molecule has 0 radical (unpaired) electrons. The van der Waals surface area contributed by atoms with Gasteiger partial charge in [0.05, 0.1) is 23.9 Å². The topological polar surface area (TPSA) is 96.8 Å². The van der Waals surface area contributed by atoms with Crippen LogP contribution in [-0.2, 0) is 14.3 Å². The minimum Gasteiger partial charge on any atom is -0.507 e. The monoisotopic (exact) mass is 498 g/mol. The number of ether oxygens (including phenoxy) is 1. The van der Waals surface area contributed by atoms with Gasteiger partial charge in [-0.2, -0.15) is 0 Å². The molecule has 1 amide bonds. The molecule has 0 spiro atoms. The van der Waals surface area contributed by atoms with Crippen LogP contribution in [-0.4, -0.2) is 34.4 Å². The molecule has 3 aromatic rings. The van der Waals surface area contributed by atoms with Crippen molar-refractivity contribution in [1.82, 2.24) is 4.98 Å². The fraction of sp³-hybridized carbons (Fsp3) is 0.200. The summed E-state index contributed by atoms with van der Waals surface area (Å²) in [6.07, 6.45) is 0. The summed E-state index contributed by atoms with van der Waals surface area (Å²) in [6.45, 7) is 4.89. The molecule has 7 nitrogen and oxygen atoms in total. The Morgan fingerprint density at radius 3 is 2.46 bits per heavy atom. The highest BCUT2D eigenvalue weighted by Crippen LogP contribution is 2.44. The molecule has 180 valence electrons. The number of anilines is 1. The third-order valence-corrected chi connectivity index (χ3v) is 6.66. The predicted octanol–water partition coefficient (Wildman–Crippen LogP) is 4.84. The number of halogens is 2. The normalized spacial score (nSPS) is 17.2. The number of amides is 1. The van der Waals surface area contributed by atoms with Gasteiger partial charge < -0.3 is 9.84 Å². The van der Waals surface area contributed by atoms with E-state index >= 15 is 0 Å². The van der Waals surface area contributed by atoms with Crippen molar-refractivity contribution in [2.75, 3.05) is 11.5 Å². The summed E-state index contributed by atoms with van der Waals surface area (Å²) in [5, 5.41) is 11.1. The van der Waals surface area contributed by atoms with Gasteiger partial charge in [-0.1, -0.05) is 35.6 Å². The number of benzene rings is 2. The number of Topliss-reactive ketones (excluding diaryl/α,β-unsaturated/α-hetero) is 1. The van der Waals surface area contributed by atoms with E-state index in [1.165, 1.54) is 24.3 Å². The van der Waals surface area contributed by atoms with Crippen molar-refractivity contribution in [3.8, 4) is 0 Å². The number of hydrogen-bond donors (Lipinski definition) is 1. The van der Waals surface area contributed by atoms with Crippen LogP contribution in [0.1, 0.15) is 45.0 Å². The van der Waals surface area contributed by atoms with Crippen molar-refractivity contribution in [3.05, 3.63) is 86.9 Å². The molecule has 1 N–H and O–H groups in total. The Kier molecular flexibility index (Phi) is 6.49. The number of rotatable bonds is 5. The highest BCUT2D eigenvalue weighted by atomic mass is 32.1. The summed E-state index contributed by atoms with van der Waals surface area (Å²) < 4.78 is 32.9. The number of hydrogen-bond acceptors (Lipinski definition) is 7. The van der Waals surface area contributed by atoms with Crippen LogP contribution < -0.4 is 4.90 Å². The van der Waals surface area contributed by atoms with Gasteiger partial charge in [0, 0.05) is 5.56 Å². The zero-order chi connectivity index (χ0) is 25.4. The number of aryl methyl sites for hydroxylation is 2. The van der Waals surface area contributed by atoms with Gasteiger partial charge in [0.15, 0.2) is 5.13 Å². The zero-order valence-electron chi connectivity index (χ0n) is 19.0. The van der Waals surface area contributed by atoms with Crippen molar-refractivity contribution in [2.24, 2.45) is 0 Å². The van der Waals surface area contributed by atoms with Crippen molar-refractivity contribution >= 4 is 39.9 Å². The number of aliphatic hydroxyl groups is 1. The van der Waals surface area contributed by atoms with E-state index in [0.29, 0.717) is 16.8 Å². The van der Waals surface area contributed by atoms with Gasteiger partial charge in [0.1, 0.15) is 22.3 Å². The van der Waals surface area contributed by atoms with Gasteiger partial charge in [-0.15, -0.1) is 0 Å². The van der Waals surface area contributed by atoms with E-state index in [2.05, 4.69) is 4.98 Å². The maximum absolute atomic E-state index is 14.2. The van der Waals surface area contributed by atoms with Crippen LogP contribution in [0.3, 0.4) is 0 Å². The summed E-state index contributed by atoms with van der Waals surface area (Å²) in [6, 6.07) is 7.77. The highest BCUT2D eigenvalue weighted by Gasteiger charge is 2.48. The molecule has 1 aromatic heterocycles. The van der Waals surface area contributed by atoms with Crippen LogP contribution in [0, 0.1) is 25.5 Å². The Hall–Kier alpha value is -3.92. The van der Waals surface area contributed by atoms with E-state index in [-0.39, 0.29) is 27.8 Å². The molecule has 35 heavy (non-hydrogen) atoms. The lowest BCUT2D eigenvalue weighted by Gasteiger charge is -2.23. The number of carbonyl (C=O) groups excluding carboxylic acids is 3. The van der Waals surface area contributed by atoms with Crippen LogP contribution in [0.25, 0.3) is 5.76 Å². The number of ketones is 1. The third-order valence-electron chi connectivity index (χ3n) is 5.53. The molecule has 0 unspecified atom stereocenters. The molecule has 10 heteroatoms. The van der Waals surface area contributed by atoms with Crippen LogP contribution in [0.15, 0.2) is 48.0 Å². The van der Waals surface area contributed by atoms with E-state index in [4.69, 9.17) is 4.74 Å². The van der Waals surface area contributed by atoms with Crippen molar-refractivity contribution in [3.63, 3.8) is 0 Å². The number of aliphatic hydroxyl groups excluding tert-OH is 1. The van der Waals surface area contributed by atoms with Gasteiger partial charge in [-0.3, -0.25) is 14.5 Å². The van der Waals surface area contributed by atoms with Gasteiger partial charge in [0.25, 0.3) is 5.78 Å². The van der Waals surface area contributed by atoms with Gasteiger partial charge in [0.2, 0.25) is 0 Å². The lowest BCUT2D eigenvalue weighted by molar-refractivity contribution is -0.132. The molecule has 0 bridgehead atoms.